The predicted octanol–water partition coefficient (Wildman–Crippen LogP) is 7.20. The lowest BCUT2D eigenvalue weighted by Crippen LogP contribution is -2.07. The first-order valence-electron chi connectivity index (χ1n) is 8.44. The lowest BCUT2D eigenvalue weighted by atomic mass is 10.1. The molecule has 0 aliphatic carbocycles. The van der Waals surface area contributed by atoms with E-state index in [0.29, 0.717) is 16.3 Å². The average Bonchev–Trinajstić information content (AvgIpc) is 3.30. The van der Waals surface area contributed by atoms with Crippen molar-refractivity contribution in [3.05, 3.63) is 89.3 Å². The molecule has 0 atom stereocenters. The Balaban J connectivity index is 2.09. The van der Waals surface area contributed by atoms with Crippen LogP contribution in [0.25, 0.3) is 27.5 Å². The number of nitrogens with zero attached hydrogens (tertiary/aromatic N) is 1. The van der Waals surface area contributed by atoms with Crippen molar-refractivity contribution in [2.45, 2.75) is 13.1 Å². The van der Waals surface area contributed by atoms with Gasteiger partial charge in [-0.2, -0.15) is 13.2 Å². The summed E-state index contributed by atoms with van der Waals surface area (Å²) >= 11 is 1.31. The maximum Gasteiger partial charge on any atom is 0.418 e. The van der Waals surface area contributed by atoms with Crippen molar-refractivity contribution in [2.24, 2.45) is 0 Å². The van der Waals surface area contributed by atoms with Gasteiger partial charge in [0, 0.05) is 5.69 Å². The molecule has 0 amide bonds. The number of alkyl halides is 3. The number of halogens is 3. The van der Waals surface area contributed by atoms with Crippen molar-refractivity contribution >= 4 is 11.3 Å². The molecule has 27 heavy (non-hydrogen) atoms. The molecule has 2 aromatic heterocycles. The minimum atomic E-state index is -4.45. The number of benzene rings is 2. The molecule has 0 radical (unpaired) electrons. The molecular weight excluding hydrogens is 367 g/mol. The Bertz CT molecular complexity index is 1040. The highest BCUT2D eigenvalue weighted by Crippen LogP contribution is 2.44. The highest BCUT2D eigenvalue weighted by molar-refractivity contribution is 7.13. The van der Waals surface area contributed by atoms with E-state index in [-0.39, 0.29) is 5.69 Å². The van der Waals surface area contributed by atoms with Crippen LogP contribution < -0.4 is 0 Å². The third-order valence-electron chi connectivity index (χ3n) is 4.42. The van der Waals surface area contributed by atoms with Crippen molar-refractivity contribution < 1.29 is 13.2 Å². The van der Waals surface area contributed by atoms with E-state index in [4.69, 9.17) is 0 Å². The second kappa shape index (κ2) is 6.74. The zero-order valence-corrected chi connectivity index (χ0v) is 15.3. The van der Waals surface area contributed by atoms with Crippen LogP contribution in [-0.4, -0.2) is 4.57 Å². The molecule has 0 saturated carbocycles. The first-order valence-corrected chi connectivity index (χ1v) is 9.32. The van der Waals surface area contributed by atoms with E-state index in [1.807, 2.05) is 61.5 Å². The van der Waals surface area contributed by atoms with Gasteiger partial charge in [0.05, 0.1) is 21.8 Å². The minimum Gasteiger partial charge on any atom is -0.308 e. The number of rotatable bonds is 3. The zero-order chi connectivity index (χ0) is 19.0. The van der Waals surface area contributed by atoms with Gasteiger partial charge in [-0.1, -0.05) is 54.1 Å². The van der Waals surface area contributed by atoms with Crippen LogP contribution in [0.1, 0.15) is 11.1 Å². The van der Waals surface area contributed by atoms with Crippen molar-refractivity contribution in [3.63, 3.8) is 0 Å². The first-order chi connectivity index (χ1) is 12.9. The fourth-order valence-electron chi connectivity index (χ4n) is 3.17. The Morgan fingerprint density at radius 3 is 2.15 bits per heavy atom. The lowest BCUT2D eigenvalue weighted by molar-refractivity contribution is -0.137. The topological polar surface area (TPSA) is 4.93 Å². The van der Waals surface area contributed by atoms with E-state index >= 15 is 0 Å². The van der Waals surface area contributed by atoms with Crippen LogP contribution in [0.4, 0.5) is 13.2 Å². The SMILES string of the molecule is Cc1ccc(-n2c(-c3ccccc3)cc(C(F)(F)F)c2-c2cccs2)cc1. The van der Waals surface area contributed by atoms with Gasteiger partial charge in [-0.05, 0) is 42.1 Å². The molecule has 4 aromatic rings. The summed E-state index contributed by atoms with van der Waals surface area (Å²) in [6.45, 7) is 1.96. The molecule has 0 bridgehead atoms. The fraction of sp³-hybridized carbons (Fsp3) is 0.0909. The maximum absolute atomic E-state index is 13.9. The molecule has 0 saturated heterocycles. The average molecular weight is 383 g/mol. The van der Waals surface area contributed by atoms with Gasteiger partial charge in [0.1, 0.15) is 0 Å². The highest BCUT2D eigenvalue weighted by atomic mass is 32.1. The summed E-state index contributed by atoms with van der Waals surface area (Å²) in [4.78, 5) is 0.588. The molecule has 136 valence electrons. The van der Waals surface area contributed by atoms with E-state index in [2.05, 4.69) is 0 Å². The number of hydrogen-bond donors (Lipinski definition) is 0. The first kappa shape index (κ1) is 17.6. The fourth-order valence-corrected chi connectivity index (χ4v) is 3.94. The molecule has 0 unspecified atom stereocenters. The van der Waals surface area contributed by atoms with Gasteiger partial charge >= 0.3 is 6.18 Å². The molecule has 0 spiro atoms. The third-order valence-corrected chi connectivity index (χ3v) is 5.30. The van der Waals surface area contributed by atoms with E-state index in [1.54, 1.807) is 22.1 Å². The van der Waals surface area contributed by atoms with Gasteiger partial charge in [-0.3, -0.25) is 0 Å². The maximum atomic E-state index is 13.9. The van der Waals surface area contributed by atoms with Crippen LogP contribution in [0.5, 0.6) is 0 Å². The summed E-state index contributed by atoms with van der Waals surface area (Å²) in [6.07, 6.45) is -4.45. The van der Waals surface area contributed by atoms with Gasteiger partial charge in [0.2, 0.25) is 0 Å². The van der Waals surface area contributed by atoms with Crippen LogP contribution in [0, 0.1) is 6.92 Å². The largest absolute Gasteiger partial charge is 0.418 e. The normalized spacial score (nSPS) is 11.7. The van der Waals surface area contributed by atoms with E-state index in [0.717, 1.165) is 11.1 Å². The van der Waals surface area contributed by atoms with Gasteiger partial charge in [-0.15, -0.1) is 11.3 Å². The molecule has 2 aromatic carbocycles. The standard InChI is InChI=1S/C22H16F3NS/c1-15-9-11-17(12-10-15)26-19(16-6-3-2-4-7-16)14-18(22(23,24)25)21(26)20-8-5-13-27-20/h2-14H,1H3. The van der Waals surface area contributed by atoms with Crippen LogP contribution in [-0.2, 0) is 6.18 Å². The van der Waals surface area contributed by atoms with Crippen molar-refractivity contribution in [2.75, 3.05) is 0 Å². The van der Waals surface area contributed by atoms with Gasteiger partial charge in [-0.25, -0.2) is 0 Å². The van der Waals surface area contributed by atoms with Crippen LogP contribution >= 0.6 is 11.3 Å². The van der Waals surface area contributed by atoms with Crippen LogP contribution in [0.2, 0.25) is 0 Å². The molecule has 0 fully saturated rings. The van der Waals surface area contributed by atoms with E-state index in [1.165, 1.54) is 17.4 Å². The quantitative estimate of drug-likeness (QED) is 0.352. The van der Waals surface area contributed by atoms with Crippen molar-refractivity contribution in [1.29, 1.82) is 0 Å². The van der Waals surface area contributed by atoms with Crippen molar-refractivity contribution in [3.8, 4) is 27.5 Å². The molecule has 4 rings (SSSR count). The summed E-state index contributed by atoms with van der Waals surface area (Å²) in [5, 5.41) is 1.80. The molecule has 5 heteroatoms. The number of hydrogen-bond acceptors (Lipinski definition) is 1. The predicted molar refractivity (Wildman–Crippen MR) is 104 cm³/mol. The summed E-state index contributed by atoms with van der Waals surface area (Å²) < 4.78 is 43.5. The third kappa shape index (κ3) is 3.30. The zero-order valence-electron chi connectivity index (χ0n) is 14.5. The second-order valence-electron chi connectivity index (χ2n) is 6.30. The van der Waals surface area contributed by atoms with Gasteiger partial charge < -0.3 is 4.57 Å². The van der Waals surface area contributed by atoms with Crippen LogP contribution in [0.3, 0.4) is 0 Å². The lowest BCUT2D eigenvalue weighted by Gasteiger charge is -2.15. The molecular formula is C22H16F3NS. The Labute approximate surface area is 159 Å². The number of aromatic nitrogens is 1. The molecule has 0 aliphatic heterocycles. The summed E-state index contributed by atoms with van der Waals surface area (Å²) in [6, 6.07) is 21.5. The molecule has 0 N–H and O–H groups in total. The van der Waals surface area contributed by atoms with E-state index in [9.17, 15) is 13.2 Å². The Morgan fingerprint density at radius 2 is 1.56 bits per heavy atom. The van der Waals surface area contributed by atoms with Gasteiger partial charge in [0.25, 0.3) is 0 Å². The number of aryl methyl sites for hydroxylation is 1. The second-order valence-corrected chi connectivity index (χ2v) is 7.25. The number of thiophene rings is 1. The molecule has 0 aliphatic rings. The van der Waals surface area contributed by atoms with Crippen LogP contribution in [0.15, 0.2) is 78.2 Å². The summed E-state index contributed by atoms with van der Waals surface area (Å²) in [7, 11) is 0. The summed E-state index contributed by atoms with van der Waals surface area (Å²) in [5.74, 6) is 0. The Morgan fingerprint density at radius 1 is 0.852 bits per heavy atom. The monoisotopic (exact) mass is 383 g/mol. The summed E-state index contributed by atoms with van der Waals surface area (Å²) in [5.41, 5.74) is 2.59. The minimum absolute atomic E-state index is 0.181. The Kier molecular flexibility index (Phi) is 4.40. The molecule has 1 nitrogen and oxygen atoms in total. The van der Waals surface area contributed by atoms with Crippen molar-refractivity contribution in [1.82, 2.24) is 4.57 Å². The highest BCUT2D eigenvalue weighted by Gasteiger charge is 2.38. The van der Waals surface area contributed by atoms with E-state index < -0.39 is 11.7 Å². The smallest absolute Gasteiger partial charge is 0.308 e. The van der Waals surface area contributed by atoms with Gasteiger partial charge in [0.15, 0.2) is 0 Å². The Hall–Kier alpha value is -2.79. The molecule has 2 heterocycles.